The van der Waals surface area contributed by atoms with Crippen LogP contribution in [0, 0.1) is 26.2 Å². The maximum atomic E-state index is 13.5. The molecule has 0 aliphatic carbocycles. The number of carboxylic acids is 1. The number of aliphatic carboxylic acids is 1. The van der Waals surface area contributed by atoms with E-state index in [0.29, 0.717) is 5.69 Å². The van der Waals surface area contributed by atoms with Crippen LogP contribution in [0.3, 0.4) is 0 Å². The Balaban J connectivity index is 2.03. The van der Waals surface area contributed by atoms with Crippen molar-refractivity contribution in [2.75, 3.05) is 13.1 Å². The fourth-order valence-electron chi connectivity index (χ4n) is 3.75. The molecule has 28 heavy (non-hydrogen) atoms. The number of rotatable bonds is 3. The Morgan fingerprint density at radius 3 is 2.18 bits per heavy atom. The Bertz CT molecular complexity index is 929. The summed E-state index contributed by atoms with van der Waals surface area (Å²) in [6, 6.07) is 8.99. The van der Waals surface area contributed by atoms with Crippen LogP contribution in [0.5, 0.6) is 0 Å². The number of carbonyl (C=O) groups excluding carboxylic acids is 1. The van der Waals surface area contributed by atoms with Crippen molar-refractivity contribution in [2.45, 2.75) is 33.4 Å². The average Bonchev–Trinajstić information content (AvgIpc) is 3.19. The molecule has 1 aliphatic heterocycles. The SMILES string of the molecule is Cc1ccc(-n2c(C)ccc2C)c(C(=O)N2CCC(C(=O)O)(C(F)(F)F)C2)c1. The average molecular weight is 394 g/mol. The highest BCUT2D eigenvalue weighted by Crippen LogP contribution is 2.46. The molecule has 2 aromatic rings. The van der Waals surface area contributed by atoms with Crippen molar-refractivity contribution < 1.29 is 27.9 Å². The quantitative estimate of drug-likeness (QED) is 0.859. The lowest BCUT2D eigenvalue weighted by Gasteiger charge is -2.27. The molecule has 8 heteroatoms. The zero-order valence-electron chi connectivity index (χ0n) is 15.8. The van der Waals surface area contributed by atoms with Crippen LogP contribution in [0.4, 0.5) is 13.2 Å². The fourth-order valence-corrected chi connectivity index (χ4v) is 3.75. The number of alkyl halides is 3. The highest BCUT2D eigenvalue weighted by Gasteiger charge is 2.64. The van der Waals surface area contributed by atoms with Gasteiger partial charge in [-0.15, -0.1) is 0 Å². The van der Waals surface area contributed by atoms with E-state index in [1.54, 1.807) is 19.1 Å². The highest BCUT2D eigenvalue weighted by molar-refractivity contribution is 5.99. The Labute approximate surface area is 160 Å². The molecule has 5 nitrogen and oxygen atoms in total. The van der Waals surface area contributed by atoms with Crippen molar-refractivity contribution in [2.24, 2.45) is 5.41 Å². The lowest BCUT2D eigenvalue weighted by Crippen LogP contribution is -2.47. The van der Waals surface area contributed by atoms with E-state index in [9.17, 15) is 27.9 Å². The van der Waals surface area contributed by atoms with Gasteiger partial charge in [-0.2, -0.15) is 13.2 Å². The van der Waals surface area contributed by atoms with Gasteiger partial charge in [-0.05, 0) is 51.5 Å². The summed E-state index contributed by atoms with van der Waals surface area (Å²) in [6.07, 6.45) is -5.59. The van der Waals surface area contributed by atoms with Gasteiger partial charge < -0.3 is 14.6 Å². The van der Waals surface area contributed by atoms with E-state index in [2.05, 4.69) is 0 Å². The second kappa shape index (κ2) is 6.68. The molecular weight excluding hydrogens is 373 g/mol. The first-order valence-corrected chi connectivity index (χ1v) is 8.83. The summed E-state index contributed by atoms with van der Waals surface area (Å²) in [7, 11) is 0. The minimum Gasteiger partial charge on any atom is -0.481 e. The third kappa shape index (κ3) is 3.06. The van der Waals surface area contributed by atoms with Crippen LogP contribution in [0.25, 0.3) is 5.69 Å². The summed E-state index contributed by atoms with van der Waals surface area (Å²) >= 11 is 0. The molecule has 0 saturated carbocycles. The van der Waals surface area contributed by atoms with E-state index < -0.39 is 36.4 Å². The van der Waals surface area contributed by atoms with Crippen LogP contribution in [0.1, 0.15) is 33.7 Å². The minimum absolute atomic E-state index is 0.255. The van der Waals surface area contributed by atoms with Gasteiger partial charge in [-0.25, -0.2) is 0 Å². The van der Waals surface area contributed by atoms with Crippen molar-refractivity contribution in [1.29, 1.82) is 0 Å². The Morgan fingerprint density at radius 2 is 1.68 bits per heavy atom. The van der Waals surface area contributed by atoms with Crippen LogP contribution in [-0.2, 0) is 4.79 Å². The van der Waals surface area contributed by atoms with E-state index in [1.807, 2.05) is 36.6 Å². The summed E-state index contributed by atoms with van der Waals surface area (Å²) in [4.78, 5) is 25.5. The summed E-state index contributed by atoms with van der Waals surface area (Å²) in [5, 5.41) is 9.23. The van der Waals surface area contributed by atoms with E-state index in [4.69, 9.17) is 0 Å². The van der Waals surface area contributed by atoms with Gasteiger partial charge in [-0.3, -0.25) is 9.59 Å². The molecule has 0 bridgehead atoms. The number of carboxylic acid groups (broad SMARTS) is 1. The number of nitrogens with zero attached hydrogens (tertiary/aromatic N) is 2. The normalized spacial score (nSPS) is 19.9. The first-order chi connectivity index (χ1) is 13.0. The molecule has 1 amide bonds. The molecule has 3 rings (SSSR count). The van der Waals surface area contributed by atoms with Crippen molar-refractivity contribution in [3.63, 3.8) is 0 Å². The zero-order valence-corrected chi connectivity index (χ0v) is 15.8. The van der Waals surface area contributed by atoms with Gasteiger partial charge >= 0.3 is 12.1 Å². The van der Waals surface area contributed by atoms with Gasteiger partial charge in [0.15, 0.2) is 5.41 Å². The van der Waals surface area contributed by atoms with Gasteiger partial charge in [0.05, 0.1) is 11.3 Å². The maximum absolute atomic E-state index is 13.5. The molecule has 1 aromatic heterocycles. The molecule has 1 fully saturated rings. The molecule has 1 aromatic carbocycles. The second-order valence-electron chi connectivity index (χ2n) is 7.33. The number of carbonyl (C=O) groups is 2. The molecular formula is C20H21F3N2O3. The highest BCUT2D eigenvalue weighted by atomic mass is 19.4. The zero-order chi connectivity index (χ0) is 20.9. The topological polar surface area (TPSA) is 62.5 Å². The van der Waals surface area contributed by atoms with Gasteiger partial charge in [0.1, 0.15) is 0 Å². The molecule has 150 valence electrons. The van der Waals surface area contributed by atoms with Crippen molar-refractivity contribution in [3.8, 4) is 5.69 Å². The standard InChI is InChI=1S/C20H21F3N2O3/c1-12-4-7-16(25-13(2)5-6-14(25)3)15(10-12)17(26)24-9-8-19(11-24,18(27)28)20(21,22)23/h4-7,10H,8-9,11H2,1-3H3,(H,27,28). The summed E-state index contributed by atoms with van der Waals surface area (Å²) in [5.41, 5.74) is 0.445. The molecule has 1 unspecified atom stereocenters. The molecule has 0 radical (unpaired) electrons. The van der Waals surface area contributed by atoms with Crippen molar-refractivity contribution >= 4 is 11.9 Å². The number of likely N-dealkylation sites (tertiary alicyclic amines) is 1. The maximum Gasteiger partial charge on any atom is 0.406 e. The summed E-state index contributed by atoms with van der Waals surface area (Å²) < 4.78 is 42.2. The second-order valence-corrected chi connectivity index (χ2v) is 7.33. The van der Waals surface area contributed by atoms with E-state index in [1.165, 1.54) is 0 Å². The third-order valence-corrected chi connectivity index (χ3v) is 5.40. The number of benzene rings is 1. The van der Waals surface area contributed by atoms with E-state index in [0.717, 1.165) is 21.9 Å². The summed E-state index contributed by atoms with van der Waals surface area (Å²) in [6.45, 7) is 4.38. The number of halogens is 3. The minimum atomic E-state index is -4.93. The van der Waals surface area contributed by atoms with Crippen LogP contribution in [0.2, 0.25) is 0 Å². The van der Waals surface area contributed by atoms with Crippen LogP contribution in [0.15, 0.2) is 30.3 Å². The predicted molar refractivity (Wildman–Crippen MR) is 96.6 cm³/mol. The number of hydrogen-bond donors (Lipinski definition) is 1. The van der Waals surface area contributed by atoms with Crippen LogP contribution in [-0.4, -0.2) is 45.7 Å². The Morgan fingerprint density at radius 1 is 1.07 bits per heavy atom. The van der Waals surface area contributed by atoms with Crippen LogP contribution >= 0.6 is 0 Å². The third-order valence-electron chi connectivity index (χ3n) is 5.40. The largest absolute Gasteiger partial charge is 0.481 e. The van der Waals surface area contributed by atoms with Crippen molar-refractivity contribution in [3.05, 3.63) is 52.8 Å². The fraction of sp³-hybridized carbons (Fsp3) is 0.400. The molecule has 1 saturated heterocycles. The lowest BCUT2D eigenvalue weighted by molar-refractivity contribution is -0.227. The van der Waals surface area contributed by atoms with Gasteiger partial charge in [0, 0.05) is 24.5 Å². The van der Waals surface area contributed by atoms with E-state index in [-0.39, 0.29) is 12.1 Å². The molecule has 0 spiro atoms. The van der Waals surface area contributed by atoms with Crippen molar-refractivity contribution in [1.82, 2.24) is 9.47 Å². The number of aryl methyl sites for hydroxylation is 3. The number of aromatic nitrogens is 1. The number of amides is 1. The first kappa shape index (κ1) is 20.0. The Hall–Kier alpha value is -2.77. The monoisotopic (exact) mass is 394 g/mol. The van der Waals surface area contributed by atoms with Gasteiger partial charge in [-0.1, -0.05) is 11.6 Å². The van der Waals surface area contributed by atoms with E-state index >= 15 is 0 Å². The van der Waals surface area contributed by atoms with Gasteiger partial charge in [0.25, 0.3) is 5.91 Å². The Kier molecular flexibility index (Phi) is 4.77. The lowest BCUT2D eigenvalue weighted by atomic mass is 9.86. The van der Waals surface area contributed by atoms with Crippen LogP contribution < -0.4 is 0 Å². The molecule has 1 N–H and O–H groups in total. The smallest absolute Gasteiger partial charge is 0.406 e. The first-order valence-electron chi connectivity index (χ1n) is 8.83. The van der Waals surface area contributed by atoms with Gasteiger partial charge in [0.2, 0.25) is 0 Å². The predicted octanol–water partition coefficient (Wildman–Crippen LogP) is 3.88. The molecule has 1 atom stereocenters. The summed E-state index contributed by atoms with van der Waals surface area (Å²) in [5.74, 6) is -2.55. The molecule has 2 heterocycles. The number of hydrogen-bond acceptors (Lipinski definition) is 2. The molecule has 1 aliphatic rings.